The van der Waals surface area contributed by atoms with Gasteiger partial charge in [0, 0.05) is 18.7 Å². The number of ether oxygens (including phenoxy) is 1. The Balaban J connectivity index is 1.70. The van der Waals surface area contributed by atoms with Gasteiger partial charge in [0.25, 0.3) is 0 Å². The summed E-state index contributed by atoms with van der Waals surface area (Å²) < 4.78 is 5.31. The SMILES string of the molecule is CCN1C(=O)[C@H](CC(=O)Nc2ccc(C(=O)O)cc2)SC1=Nc1ccccc1OC. The van der Waals surface area contributed by atoms with Crippen LogP contribution in [0.4, 0.5) is 11.4 Å². The maximum absolute atomic E-state index is 12.7. The third kappa shape index (κ3) is 4.80. The second-order valence-electron chi connectivity index (χ2n) is 6.39. The van der Waals surface area contributed by atoms with E-state index in [1.807, 2.05) is 19.1 Å². The van der Waals surface area contributed by atoms with Gasteiger partial charge in [0.2, 0.25) is 11.8 Å². The van der Waals surface area contributed by atoms with Crippen molar-refractivity contribution in [1.29, 1.82) is 0 Å². The molecule has 0 aliphatic carbocycles. The highest BCUT2D eigenvalue weighted by atomic mass is 32.2. The quantitative estimate of drug-likeness (QED) is 0.701. The number of carboxylic acid groups (broad SMARTS) is 1. The zero-order chi connectivity index (χ0) is 21.7. The summed E-state index contributed by atoms with van der Waals surface area (Å²) in [7, 11) is 1.56. The molecule has 1 fully saturated rings. The minimum Gasteiger partial charge on any atom is -0.494 e. The zero-order valence-electron chi connectivity index (χ0n) is 16.5. The monoisotopic (exact) mass is 427 g/mol. The Hall–Kier alpha value is -3.33. The predicted octanol–water partition coefficient (Wildman–Crippen LogP) is 3.37. The van der Waals surface area contributed by atoms with Crippen molar-refractivity contribution in [3.8, 4) is 5.75 Å². The third-order valence-electron chi connectivity index (χ3n) is 4.42. The van der Waals surface area contributed by atoms with E-state index in [4.69, 9.17) is 9.84 Å². The summed E-state index contributed by atoms with van der Waals surface area (Å²) in [6, 6.07) is 13.1. The summed E-state index contributed by atoms with van der Waals surface area (Å²) in [6.07, 6.45) is -0.0222. The van der Waals surface area contributed by atoms with Gasteiger partial charge in [-0.2, -0.15) is 0 Å². The average Bonchev–Trinajstić information content (AvgIpc) is 3.02. The van der Waals surface area contributed by atoms with Gasteiger partial charge in [-0.05, 0) is 43.3 Å². The molecule has 1 aliphatic heterocycles. The van der Waals surface area contributed by atoms with Gasteiger partial charge in [-0.3, -0.25) is 14.5 Å². The Morgan fingerprint density at radius 3 is 2.53 bits per heavy atom. The fourth-order valence-corrected chi connectivity index (χ4v) is 4.13. The molecule has 1 aliphatic rings. The van der Waals surface area contributed by atoms with Crippen molar-refractivity contribution in [3.63, 3.8) is 0 Å². The molecule has 0 bridgehead atoms. The number of hydrogen-bond donors (Lipinski definition) is 2. The number of aromatic carboxylic acids is 1. The Bertz CT molecular complexity index is 990. The molecule has 0 radical (unpaired) electrons. The third-order valence-corrected chi connectivity index (χ3v) is 5.60. The molecule has 0 saturated carbocycles. The predicted molar refractivity (Wildman–Crippen MR) is 116 cm³/mol. The van der Waals surface area contributed by atoms with Gasteiger partial charge in [0.05, 0.1) is 12.7 Å². The second-order valence-corrected chi connectivity index (χ2v) is 7.56. The minimum atomic E-state index is -1.04. The number of benzene rings is 2. The fraction of sp³-hybridized carbons (Fsp3) is 0.238. The molecule has 3 rings (SSSR count). The average molecular weight is 427 g/mol. The first-order valence-corrected chi connectivity index (χ1v) is 10.1. The number of amides is 2. The number of anilines is 1. The molecule has 2 aromatic carbocycles. The van der Waals surface area contributed by atoms with Crippen molar-refractivity contribution in [1.82, 2.24) is 4.90 Å². The van der Waals surface area contributed by atoms with E-state index < -0.39 is 11.2 Å². The minimum absolute atomic E-state index is 0.0222. The highest BCUT2D eigenvalue weighted by Gasteiger charge is 2.38. The standard InChI is InChI=1S/C21H21N3O5S/c1-3-24-19(26)17(30-21(24)23-15-6-4-5-7-16(15)29-2)12-18(25)22-14-10-8-13(9-11-14)20(27)28/h4-11,17H,3,12H2,1-2H3,(H,22,25)(H,27,28)/t17-/m0/s1. The molecule has 1 saturated heterocycles. The van der Waals surface area contributed by atoms with Crippen LogP contribution in [-0.4, -0.2) is 51.9 Å². The first-order valence-electron chi connectivity index (χ1n) is 9.26. The number of carboxylic acids is 1. The number of carbonyl (C=O) groups excluding carboxylic acids is 2. The number of rotatable bonds is 7. The number of amidine groups is 1. The van der Waals surface area contributed by atoms with E-state index in [0.29, 0.717) is 28.8 Å². The number of nitrogens with one attached hydrogen (secondary N) is 1. The number of aliphatic imine (C=N–C) groups is 1. The summed E-state index contributed by atoms with van der Waals surface area (Å²) >= 11 is 1.24. The first kappa shape index (κ1) is 21.4. The van der Waals surface area contributed by atoms with E-state index in [1.165, 1.54) is 36.0 Å². The van der Waals surface area contributed by atoms with Crippen LogP contribution in [0.3, 0.4) is 0 Å². The van der Waals surface area contributed by atoms with E-state index in [9.17, 15) is 14.4 Å². The lowest BCUT2D eigenvalue weighted by Crippen LogP contribution is -2.33. The van der Waals surface area contributed by atoms with Crippen LogP contribution < -0.4 is 10.1 Å². The van der Waals surface area contributed by atoms with Gasteiger partial charge in [-0.15, -0.1) is 0 Å². The topological polar surface area (TPSA) is 108 Å². The van der Waals surface area contributed by atoms with E-state index in [2.05, 4.69) is 10.3 Å². The smallest absolute Gasteiger partial charge is 0.335 e. The van der Waals surface area contributed by atoms with Crippen molar-refractivity contribution in [2.75, 3.05) is 19.0 Å². The molecule has 1 heterocycles. The molecular formula is C21H21N3O5S. The van der Waals surface area contributed by atoms with E-state index >= 15 is 0 Å². The van der Waals surface area contributed by atoms with Crippen LogP contribution in [0.5, 0.6) is 5.75 Å². The zero-order valence-corrected chi connectivity index (χ0v) is 17.3. The van der Waals surface area contributed by atoms with E-state index in [1.54, 1.807) is 24.1 Å². The fourth-order valence-electron chi connectivity index (χ4n) is 2.92. The largest absolute Gasteiger partial charge is 0.494 e. The van der Waals surface area contributed by atoms with Gasteiger partial charge in [-0.1, -0.05) is 23.9 Å². The van der Waals surface area contributed by atoms with Gasteiger partial charge >= 0.3 is 5.97 Å². The van der Waals surface area contributed by atoms with Crippen molar-refractivity contribution in [3.05, 3.63) is 54.1 Å². The molecule has 2 aromatic rings. The summed E-state index contributed by atoms with van der Waals surface area (Å²) in [6.45, 7) is 2.29. The molecule has 156 valence electrons. The van der Waals surface area contributed by atoms with E-state index in [0.717, 1.165) is 0 Å². The highest BCUT2D eigenvalue weighted by Crippen LogP contribution is 2.34. The second kappa shape index (κ2) is 9.45. The lowest BCUT2D eigenvalue weighted by molar-refractivity contribution is -0.128. The maximum atomic E-state index is 12.7. The molecule has 0 unspecified atom stereocenters. The van der Waals surface area contributed by atoms with Crippen LogP contribution in [0.15, 0.2) is 53.5 Å². The number of nitrogens with zero attached hydrogens (tertiary/aromatic N) is 2. The Labute approximate surface area is 177 Å². The van der Waals surface area contributed by atoms with Crippen LogP contribution in [0.25, 0.3) is 0 Å². The number of thioether (sulfide) groups is 1. The molecule has 30 heavy (non-hydrogen) atoms. The normalized spacial score (nSPS) is 17.3. The van der Waals surface area contributed by atoms with Gasteiger partial charge in [0.15, 0.2) is 5.17 Å². The molecule has 0 spiro atoms. The first-order chi connectivity index (χ1) is 14.4. The molecule has 1 atom stereocenters. The van der Waals surface area contributed by atoms with Crippen molar-refractivity contribution in [2.45, 2.75) is 18.6 Å². The van der Waals surface area contributed by atoms with Crippen LogP contribution in [0.1, 0.15) is 23.7 Å². The summed E-state index contributed by atoms with van der Waals surface area (Å²) in [5, 5.41) is 11.6. The van der Waals surface area contributed by atoms with Crippen molar-refractivity contribution < 1.29 is 24.2 Å². The number of carbonyl (C=O) groups is 3. The maximum Gasteiger partial charge on any atom is 0.335 e. The van der Waals surface area contributed by atoms with E-state index in [-0.39, 0.29) is 23.8 Å². The summed E-state index contributed by atoms with van der Waals surface area (Å²) in [4.78, 5) is 42.2. The van der Waals surface area contributed by atoms with Crippen molar-refractivity contribution in [2.24, 2.45) is 4.99 Å². The molecule has 2 amide bonds. The van der Waals surface area contributed by atoms with Crippen LogP contribution in [-0.2, 0) is 9.59 Å². The molecule has 8 nitrogen and oxygen atoms in total. The van der Waals surface area contributed by atoms with Crippen molar-refractivity contribution >= 4 is 46.1 Å². The molecule has 0 aromatic heterocycles. The Morgan fingerprint density at radius 1 is 1.20 bits per heavy atom. The van der Waals surface area contributed by atoms with Gasteiger partial charge in [0.1, 0.15) is 16.7 Å². The highest BCUT2D eigenvalue weighted by molar-refractivity contribution is 8.15. The van der Waals surface area contributed by atoms with Gasteiger partial charge in [-0.25, -0.2) is 9.79 Å². The molecular weight excluding hydrogens is 406 g/mol. The van der Waals surface area contributed by atoms with Crippen LogP contribution >= 0.6 is 11.8 Å². The summed E-state index contributed by atoms with van der Waals surface area (Å²) in [5.41, 5.74) is 1.21. The molecule has 2 N–H and O–H groups in total. The number of methoxy groups -OCH3 is 1. The van der Waals surface area contributed by atoms with Crippen LogP contribution in [0.2, 0.25) is 0 Å². The van der Waals surface area contributed by atoms with Crippen LogP contribution in [0, 0.1) is 0 Å². The Kier molecular flexibility index (Phi) is 6.73. The summed E-state index contributed by atoms with van der Waals surface area (Å²) in [5.74, 6) is -0.950. The lowest BCUT2D eigenvalue weighted by atomic mass is 10.2. The Morgan fingerprint density at radius 2 is 1.90 bits per heavy atom. The van der Waals surface area contributed by atoms with Gasteiger partial charge < -0.3 is 15.2 Å². The molecule has 9 heteroatoms. The lowest BCUT2D eigenvalue weighted by Gasteiger charge is -2.14. The number of para-hydroxylation sites is 2. The number of hydrogen-bond acceptors (Lipinski definition) is 6.